The Morgan fingerprint density at radius 2 is 1.91 bits per heavy atom. The van der Waals surface area contributed by atoms with Crippen LogP contribution in [0.1, 0.15) is 38.2 Å². The summed E-state index contributed by atoms with van der Waals surface area (Å²) in [4.78, 5) is 13.2. The van der Waals surface area contributed by atoms with Crippen LogP contribution < -0.4 is 14.8 Å². The number of halogens is 1. The van der Waals surface area contributed by atoms with Crippen molar-refractivity contribution in [1.82, 2.24) is 10.2 Å². The number of aliphatic hydroxyl groups is 1. The summed E-state index contributed by atoms with van der Waals surface area (Å²) < 4.78 is 25.1. The Morgan fingerprint density at radius 1 is 1.12 bits per heavy atom. The Hall–Kier alpha value is -2.64. The molecule has 1 heterocycles. The van der Waals surface area contributed by atoms with Gasteiger partial charge < -0.3 is 19.9 Å². The van der Waals surface area contributed by atoms with Crippen LogP contribution in [0.25, 0.3) is 0 Å². The molecule has 1 aliphatic rings. The van der Waals surface area contributed by atoms with Gasteiger partial charge in [-0.15, -0.1) is 0 Å². The lowest BCUT2D eigenvalue weighted by Crippen LogP contribution is -2.37. The summed E-state index contributed by atoms with van der Waals surface area (Å²) in [5.74, 6) is 0.553. The van der Waals surface area contributed by atoms with E-state index in [1.54, 1.807) is 18.2 Å². The van der Waals surface area contributed by atoms with Gasteiger partial charge in [-0.05, 0) is 62.1 Å². The molecule has 0 aromatic heterocycles. The highest BCUT2D eigenvalue weighted by Crippen LogP contribution is 2.26. The van der Waals surface area contributed by atoms with Gasteiger partial charge in [0.25, 0.3) is 0 Å². The first-order chi connectivity index (χ1) is 15.4. The second kappa shape index (κ2) is 11.8. The van der Waals surface area contributed by atoms with E-state index in [0.717, 1.165) is 38.2 Å². The van der Waals surface area contributed by atoms with Crippen LogP contribution in [0.3, 0.4) is 0 Å². The largest absolute Gasteiger partial charge is 0.494 e. The van der Waals surface area contributed by atoms with Crippen LogP contribution in [-0.2, 0) is 11.3 Å². The molecule has 1 saturated heterocycles. The van der Waals surface area contributed by atoms with Gasteiger partial charge in [0, 0.05) is 26.6 Å². The number of carbonyl (C=O) groups excluding carboxylic acids is 1. The molecule has 1 aliphatic heterocycles. The SMILES string of the molecule is CC(=O)NCCCOc1ccc(CN2CCC[C@](O)(COc3ccccc3F)CC2)cc1. The lowest BCUT2D eigenvalue weighted by molar-refractivity contribution is -0.118. The summed E-state index contributed by atoms with van der Waals surface area (Å²) in [7, 11) is 0. The average molecular weight is 445 g/mol. The number of ether oxygens (including phenoxy) is 2. The van der Waals surface area contributed by atoms with E-state index in [-0.39, 0.29) is 18.3 Å². The number of nitrogens with one attached hydrogen (secondary N) is 1. The molecule has 0 radical (unpaired) electrons. The Labute approximate surface area is 189 Å². The van der Waals surface area contributed by atoms with E-state index < -0.39 is 11.4 Å². The fourth-order valence-electron chi connectivity index (χ4n) is 3.79. The highest BCUT2D eigenvalue weighted by Gasteiger charge is 2.31. The zero-order valence-electron chi connectivity index (χ0n) is 18.7. The van der Waals surface area contributed by atoms with Gasteiger partial charge in [0.05, 0.1) is 12.2 Å². The fourth-order valence-corrected chi connectivity index (χ4v) is 3.79. The Morgan fingerprint density at radius 3 is 2.66 bits per heavy atom. The average Bonchev–Trinajstić information content (AvgIpc) is 2.96. The van der Waals surface area contributed by atoms with Crippen molar-refractivity contribution in [3.8, 4) is 11.5 Å². The molecule has 3 rings (SSSR count). The third-order valence-electron chi connectivity index (χ3n) is 5.64. The van der Waals surface area contributed by atoms with Crippen molar-refractivity contribution < 1.29 is 23.8 Å². The second-order valence-corrected chi connectivity index (χ2v) is 8.40. The molecule has 6 nitrogen and oxygen atoms in total. The molecule has 7 heteroatoms. The van der Waals surface area contributed by atoms with Gasteiger partial charge in [-0.3, -0.25) is 9.69 Å². The summed E-state index contributed by atoms with van der Waals surface area (Å²) >= 11 is 0. The summed E-state index contributed by atoms with van der Waals surface area (Å²) in [6.45, 7) is 5.20. The molecule has 0 spiro atoms. The topological polar surface area (TPSA) is 71.0 Å². The molecule has 2 aromatic carbocycles. The minimum absolute atomic E-state index is 0.0288. The number of amides is 1. The van der Waals surface area contributed by atoms with Gasteiger partial charge in [-0.25, -0.2) is 4.39 Å². The molecule has 174 valence electrons. The first-order valence-corrected chi connectivity index (χ1v) is 11.2. The molecular weight excluding hydrogens is 411 g/mol. The van der Waals surface area contributed by atoms with Crippen LogP contribution in [0, 0.1) is 5.82 Å². The third-order valence-corrected chi connectivity index (χ3v) is 5.64. The van der Waals surface area contributed by atoms with E-state index in [2.05, 4.69) is 22.3 Å². The van der Waals surface area contributed by atoms with Gasteiger partial charge in [0.15, 0.2) is 11.6 Å². The van der Waals surface area contributed by atoms with Crippen molar-refractivity contribution in [3.05, 3.63) is 59.9 Å². The van der Waals surface area contributed by atoms with Gasteiger partial charge >= 0.3 is 0 Å². The summed E-state index contributed by atoms with van der Waals surface area (Å²) in [6.07, 6.45) is 2.82. The van der Waals surface area contributed by atoms with Gasteiger partial charge in [0.1, 0.15) is 12.4 Å². The second-order valence-electron chi connectivity index (χ2n) is 8.40. The quantitative estimate of drug-likeness (QED) is 0.549. The number of rotatable bonds is 10. The van der Waals surface area contributed by atoms with E-state index >= 15 is 0 Å². The fraction of sp³-hybridized carbons (Fsp3) is 0.480. The lowest BCUT2D eigenvalue weighted by Gasteiger charge is -2.27. The van der Waals surface area contributed by atoms with E-state index in [0.29, 0.717) is 26.0 Å². The predicted molar refractivity (Wildman–Crippen MR) is 121 cm³/mol. The maximum Gasteiger partial charge on any atom is 0.216 e. The monoisotopic (exact) mass is 444 g/mol. The number of para-hydroxylation sites is 1. The van der Waals surface area contributed by atoms with Crippen molar-refractivity contribution in [1.29, 1.82) is 0 Å². The minimum Gasteiger partial charge on any atom is -0.494 e. The van der Waals surface area contributed by atoms with Crippen molar-refractivity contribution in [2.75, 3.05) is 32.8 Å². The van der Waals surface area contributed by atoms with Gasteiger partial charge in [-0.1, -0.05) is 24.3 Å². The molecule has 2 N–H and O–H groups in total. The third kappa shape index (κ3) is 7.80. The Bertz CT molecular complexity index is 861. The molecule has 0 bridgehead atoms. The van der Waals surface area contributed by atoms with Crippen LogP contribution in [0.2, 0.25) is 0 Å². The molecule has 0 unspecified atom stereocenters. The number of carbonyl (C=O) groups is 1. The number of likely N-dealkylation sites (tertiary alicyclic amines) is 1. The summed E-state index contributed by atoms with van der Waals surface area (Å²) in [5.41, 5.74) is 0.232. The minimum atomic E-state index is -0.952. The Kier molecular flexibility index (Phi) is 8.88. The molecule has 1 fully saturated rings. The predicted octanol–water partition coefficient (Wildman–Crippen LogP) is 3.53. The zero-order chi connectivity index (χ0) is 22.8. The van der Waals surface area contributed by atoms with Crippen molar-refractivity contribution in [3.63, 3.8) is 0 Å². The maximum absolute atomic E-state index is 13.8. The zero-order valence-corrected chi connectivity index (χ0v) is 18.7. The van der Waals surface area contributed by atoms with Crippen LogP contribution in [0.4, 0.5) is 4.39 Å². The molecule has 1 atom stereocenters. The van der Waals surface area contributed by atoms with E-state index in [1.807, 2.05) is 12.1 Å². The van der Waals surface area contributed by atoms with Crippen molar-refractivity contribution >= 4 is 5.91 Å². The molecule has 0 aliphatic carbocycles. The smallest absolute Gasteiger partial charge is 0.216 e. The van der Waals surface area contributed by atoms with Gasteiger partial charge in [0.2, 0.25) is 5.91 Å². The van der Waals surface area contributed by atoms with Crippen LogP contribution in [-0.4, -0.2) is 54.4 Å². The molecular formula is C25H33FN2O4. The molecule has 1 amide bonds. The van der Waals surface area contributed by atoms with Crippen LogP contribution in [0.15, 0.2) is 48.5 Å². The standard InChI is InChI=1S/C25H33FN2O4/c1-20(29)27-14-5-17-31-22-10-8-21(9-11-22)18-28-15-4-12-25(30,13-16-28)19-32-24-7-3-2-6-23(24)26/h2-3,6-11,30H,4-5,12-19H2,1H3,(H,27,29)/t25-/m1/s1. The number of benzene rings is 2. The highest BCUT2D eigenvalue weighted by molar-refractivity contribution is 5.72. The highest BCUT2D eigenvalue weighted by atomic mass is 19.1. The Balaban J connectivity index is 1.42. The number of hydrogen-bond donors (Lipinski definition) is 2. The molecule has 0 saturated carbocycles. The van der Waals surface area contributed by atoms with Gasteiger partial charge in [-0.2, -0.15) is 0 Å². The lowest BCUT2D eigenvalue weighted by atomic mass is 9.96. The molecule has 2 aromatic rings. The van der Waals surface area contributed by atoms with Crippen molar-refractivity contribution in [2.24, 2.45) is 0 Å². The van der Waals surface area contributed by atoms with Crippen LogP contribution >= 0.6 is 0 Å². The van der Waals surface area contributed by atoms with Crippen molar-refractivity contribution in [2.45, 2.75) is 44.8 Å². The van der Waals surface area contributed by atoms with E-state index in [9.17, 15) is 14.3 Å². The maximum atomic E-state index is 13.8. The first kappa shape index (κ1) is 24.0. The van der Waals surface area contributed by atoms with E-state index in [4.69, 9.17) is 9.47 Å². The molecule has 32 heavy (non-hydrogen) atoms. The number of nitrogens with zero attached hydrogens (tertiary/aromatic N) is 1. The first-order valence-electron chi connectivity index (χ1n) is 11.2. The van der Waals surface area contributed by atoms with Crippen LogP contribution in [0.5, 0.6) is 11.5 Å². The number of hydrogen-bond acceptors (Lipinski definition) is 5. The normalized spacial score (nSPS) is 19.2. The summed E-state index contributed by atoms with van der Waals surface area (Å²) in [6, 6.07) is 14.3. The van der Waals surface area contributed by atoms with E-state index in [1.165, 1.54) is 18.6 Å². The summed E-state index contributed by atoms with van der Waals surface area (Å²) in [5, 5.41) is 13.7.